The van der Waals surface area contributed by atoms with Gasteiger partial charge in [-0.2, -0.15) is 0 Å². The van der Waals surface area contributed by atoms with Crippen LogP contribution in [-0.2, 0) is 6.42 Å². The molecule has 1 aliphatic heterocycles. The first-order valence-electron chi connectivity index (χ1n) is 7.04. The van der Waals surface area contributed by atoms with Crippen LogP contribution >= 0.6 is 11.6 Å². The molecule has 1 aromatic rings. The van der Waals surface area contributed by atoms with Crippen molar-refractivity contribution in [3.05, 3.63) is 17.0 Å². The van der Waals surface area contributed by atoms with Gasteiger partial charge in [0.2, 0.25) is 0 Å². The maximum absolute atomic E-state index is 6.10. The smallest absolute Gasteiger partial charge is 0.134 e. The van der Waals surface area contributed by atoms with Gasteiger partial charge in [-0.1, -0.05) is 38.3 Å². The molecule has 1 saturated heterocycles. The summed E-state index contributed by atoms with van der Waals surface area (Å²) in [7, 11) is 0. The maximum atomic E-state index is 6.10. The highest BCUT2D eigenvalue weighted by molar-refractivity contribution is 6.29. The zero-order valence-electron chi connectivity index (χ0n) is 11.3. The van der Waals surface area contributed by atoms with Crippen LogP contribution in [0.15, 0.2) is 6.07 Å². The molecule has 1 aromatic heterocycles. The Labute approximate surface area is 115 Å². The average Bonchev–Trinajstić information content (AvgIpc) is 2.62. The molecule has 2 rings (SSSR count). The minimum Gasteiger partial charge on any atom is -0.353 e. The zero-order valence-corrected chi connectivity index (χ0v) is 12.1. The fourth-order valence-electron chi connectivity index (χ4n) is 2.66. The summed E-state index contributed by atoms with van der Waals surface area (Å²) in [6.07, 6.45) is 7.17. The molecule has 1 aliphatic rings. The number of halogens is 1. The quantitative estimate of drug-likeness (QED) is 0.779. The lowest BCUT2D eigenvalue weighted by Crippen LogP contribution is -2.35. The van der Waals surface area contributed by atoms with Crippen molar-refractivity contribution in [2.24, 2.45) is 0 Å². The van der Waals surface area contributed by atoms with E-state index >= 15 is 0 Å². The van der Waals surface area contributed by atoms with Gasteiger partial charge >= 0.3 is 0 Å². The molecule has 1 unspecified atom stereocenters. The van der Waals surface area contributed by atoms with E-state index in [1.807, 2.05) is 6.07 Å². The van der Waals surface area contributed by atoms with Crippen LogP contribution in [0.5, 0.6) is 0 Å². The van der Waals surface area contributed by atoms with Crippen molar-refractivity contribution < 1.29 is 0 Å². The number of hydrogen-bond acceptors (Lipinski definition) is 3. The number of nitrogens with zero attached hydrogens (tertiary/aromatic N) is 3. The van der Waals surface area contributed by atoms with Crippen molar-refractivity contribution in [1.82, 2.24) is 9.97 Å². The van der Waals surface area contributed by atoms with Crippen LogP contribution in [0.4, 0.5) is 5.82 Å². The summed E-state index contributed by atoms with van der Waals surface area (Å²) in [5.41, 5.74) is 0. The van der Waals surface area contributed by atoms with Gasteiger partial charge in [-0.3, -0.25) is 0 Å². The number of rotatable bonds is 3. The number of aromatic nitrogens is 2. The highest BCUT2D eigenvalue weighted by Crippen LogP contribution is 2.26. The molecule has 1 atom stereocenters. The Morgan fingerprint density at radius 2 is 2.11 bits per heavy atom. The molecule has 3 nitrogen and oxygen atoms in total. The fraction of sp³-hybridized carbons (Fsp3) is 0.714. The van der Waals surface area contributed by atoms with Gasteiger partial charge in [-0.05, 0) is 19.3 Å². The fourth-order valence-corrected chi connectivity index (χ4v) is 2.86. The Kier molecular flexibility index (Phi) is 4.81. The van der Waals surface area contributed by atoms with Gasteiger partial charge in [-0.15, -0.1) is 0 Å². The highest BCUT2D eigenvalue weighted by atomic mass is 35.5. The number of anilines is 1. The van der Waals surface area contributed by atoms with E-state index in [9.17, 15) is 0 Å². The third-order valence-electron chi connectivity index (χ3n) is 3.69. The topological polar surface area (TPSA) is 29.0 Å². The molecule has 2 heterocycles. The molecule has 1 fully saturated rings. The van der Waals surface area contributed by atoms with Crippen LogP contribution in [0.25, 0.3) is 0 Å². The maximum Gasteiger partial charge on any atom is 0.134 e. The van der Waals surface area contributed by atoms with Crippen LogP contribution < -0.4 is 4.90 Å². The summed E-state index contributed by atoms with van der Waals surface area (Å²) in [5, 5.41) is 0.566. The summed E-state index contributed by atoms with van der Waals surface area (Å²) >= 11 is 6.10. The van der Waals surface area contributed by atoms with Crippen LogP contribution in [-0.4, -0.2) is 22.6 Å². The Morgan fingerprint density at radius 1 is 1.28 bits per heavy atom. The molecule has 0 amide bonds. The molecule has 0 N–H and O–H groups in total. The lowest BCUT2D eigenvalue weighted by Gasteiger charge is -2.30. The first kappa shape index (κ1) is 13.6. The van der Waals surface area contributed by atoms with Gasteiger partial charge < -0.3 is 4.90 Å². The average molecular weight is 268 g/mol. The van der Waals surface area contributed by atoms with Gasteiger partial charge in [0.25, 0.3) is 0 Å². The zero-order chi connectivity index (χ0) is 13.0. The summed E-state index contributed by atoms with van der Waals surface area (Å²) in [6.45, 7) is 5.41. The van der Waals surface area contributed by atoms with E-state index in [1.165, 1.54) is 32.1 Å². The predicted molar refractivity (Wildman–Crippen MR) is 76.3 cm³/mol. The molecule has 0 bridgehead atoms. The molecule has 4 heteroatoms. The second-order valence-electron chi connectivity index (χ2n) is 4.92. The highest BCUT2D eigenvalue weighted by Gasteiger charge is 2.21. The van der Waals surface area contributed by atoms with Crippen LogP contribution in [0.1, 0.15) is 51.8 Å². The molecule has 0 aromatic carbocycles. The van der Waals surface area contributed by atoms with E-state index in [4.69, 9.17) is 11.6 Å². The van der Waals surface area contributed by atoms with Crippen LogP contribution in [0.2, 0.25) is 5.15 Å². The minimum atomic E-state index is 0.566. The second kappa shape index (κ2) is 6.37. The van der Waals surface area contributed by atoms with Crippen LogP contribution in [0.3, 0.4) is 0 Å². The van der Waals surface area contributed by atoms with Gasteiger partial charge in [-0.25, -0.2) is 9.97 Å². The first-order valence-corrected chi connectivity index (χ1v) is 7.42. The Hall–Kier alpha value is -0.830. The van der Waals surface area contributed by atoms with E-state index in [0.29, 0.717) is 11.2 Å². The van der Waals surface area contributed by atoms with E-state index in [-0.39, 0.29) is 0 Å². The SMILES string of the molecule is CCc1nc(Cl)cc(N2CCCCCC2CC)n1. The number of aryl methyl sites for hydroxylation is 1. The molecular formula is C14H22ClN3. The summed E-state index contributed by atoms with van der Waals surface area (Å²) in [5.74, 6) is 1.86. The summed E-state index contributed by atoms with van der Waals surface area (Å²) in [6, 6.07) is 2.51. The van der Waals surface area contributed by atoms with Crippen molar-refractivity contribution >= 4 is 17.4 Å². The molecule has 0 radical (unpaired) electrons. The number of hydrogen-bond donors (Lipinski definition) is 0. The van der Waals surface area contributed by atoms with Gasteiger partial charge in [0.15, 0.2) is 0 Å². The monoisotopic (exact) mass is 267 g/mol. The summed E-state index contributed by atoms with van der Waals surface area (Å²) < 4.78 is 0. The molecule has 18 heavy (non-hydrogen) atoms. The van der Waals surface area contributed by atoms with Crippen molar-refractivity contribution in [3.63, 3.8) is 0 Å². The molecule has 0 saturated carbocycles. The van der Waals surface area contributed by atoms with E-state index in [0.717, 1.165) is 24.6 Å². The first-order chi connectivity index (χ1) is 8.74. The van der Waals surface area contributed by atoms with Gasteiger partial charge in [0.05, 0.1) is 0 Å². The minimum absolute atomic E-state index is 0.566. The van der Waals surface area contributed by atoms with E-state index in [1.54, 1.807) is 0 Å². The van der Waals surface area contributed by atoms with Crippen molar-refractivity contribution in [2.45, 2.75) is 58.4 Å². The summed E-state index contributed by atoms with van der Waals surface area (Å²) in [4.78, 5) is 11.3. The standard InChI is InChI=1S/C14H22ClN3/c1-3-11-8-6-5-7-9-18(11)14-10-12(15)16-13(4-2)17-14/h10-11H,3-9H2,1-2H3. The molecular weight excluding hydrogens is 246 g/mol. The lowest BCUT2D eigenvalue weighted by molar-refractivity contribution is 0.551. The van der Waals surface area contributed by atoms with Crippen LogP contribution in [0, 0.1) is 0 Å². The molecule has 100 valence electrons. The second-order valence-corrected chi connectivity index (χ2v) is 5.31. The largest absolute Gasteiger partial charge is 0.353 e. The third-order valence-corrected chi connectivity index (χ3v) is 3.88. The Bertz CT molecular complexity index is 395. The van der Waals surface area contributed by atoms with E-state index < -0.39 is 0 Å². The third kappa shape index (κ3) is 3.14. The van der Waals surface area contributed by atoms with Crippen molar-refractivity contribution in [3.8, 4) is 0 Å². The van der Waals surface area contributed by atoms with Gasteiger partial charge in [0.1, 0.15) is 16.8 Å². The van der Waals surface area contributed by atoms with Crippen molar-refractivity contribution in [1.29, 1.82) is 0 Å². The molecule has 0 spiro atoms. The van der Waals surface area contributed by atoms with Crippen molar-refractivity contribution in [2.75, 3.05) is 11.4 Å². The van der Waals surface area contributed by atoms with E-state index in [2.05, 4.69) is 28.7 Å². The Balaban J connectivity index is 2.29. The van der Waals surface area contributed by atoms with Gasteiger partial charge in [0, 0.05) is 25.1 Å². The normalized spacial score (nSPS) is 20.8. The Morgan fingerprint density at radius 3 is 2.83 bits per heavy atom. The lowest BCUT2D eigenvalue weighted by atomic mass is 10.1. The molecule has 0 aliphatic carbocycles. The predicted octanol–water partition coefficient (Wildman–Crippen LogP) is 3.85.